The van der Waals surface area contributed by atoms with Crippen LogP contribution >= 0.6 is 0 Å². The van der Waals surface area contributed by atoms with Gasteiger partial charge in [-0.1, -0.05) is 30.3 Å². The van der Waals surface area contributed by atoms with Crippen LogP contribution in [0.4, 0.5) is 0 Å². The predicted octanol–water partition coefficient (Wildman–Crippen LogP) is 5.28. The molecule has 1 saturated heterocycles. The minimum atomic E-state index is -0.331. The summed E-state index contributed by atoms with van der Waals surface area (Å²) in [6, 6.07) is 14.3. The van der Waals surface area contributed by atoms with Crippen LogP contribution in [0.3, 0.4) is 0 Å². The third-order valence-corrected chi connectivity index (χ3v) is 6.50. The van der Waals surface area contributed by atoms with Gasteiger partial charge in [0.1, 0.15) is 5.75 Å². The van der Waals surface area contributed by atoms with Gasteiger partial charge in [0.2, 0.25) is 5.91 Å². The van der Waals surface area contributed by atoms with Gasteiger partial charge in [-0.15, -0.1) is 0 Å². The van der Waals surface area contributed by atoms with Crippen molar-refractivity contribution in [3.63, 3.8) is 0 Å². The van der Waals surface area contributed by atoms with Crippen molar-refractivity contribution in [1.29, 1.82) is 0 Å². The van der Waals surface area contributed by atoms with Crippen LogP contribution in [0.15, 0.2) is 60.6 Å². The summed E-state index contributed by atoms with van der Waals surface area (Å²) in [5, 5.41) is 0. The van der Waals surface area contributed by atoms with Crippen molar-refractivity contribution in [2.75, 3.05) is 20.8 Å². The van der Waals surface area contributed by atoms with Crippen LogP contribution in [-0.4, -0.2) is 41.1 Å². The number of aromatic nitrogens is 2. The van der Waals surface area contributed by atoms with Gasteiger partial charge in [-0.2, -0.15) is 0 Å². The van der Waals surface area contributed by atoms with Gasteiger partial charge in [0.15, 0.2) is 0 Å². The number of aryl methyl sites for hydroxylation is 1. The standard InChI is InChI=1S/C28H33N3O3/c1-20-17-31(19-29-20)25-13-10-22(16-26(25)33-4)15-23-7-6-14-30(27(23)32)18-21-8-11-24(12-9-21)28(2,3)34-5/h8-13,15-17,19H,6-7,14,18H2,1-5H3/b23-15+. The Balaban J connectivity index is 1.51. The van der Waals surface area contributed by atoms with Gasteiger partial charge in [-0.3, -0.25) is 4.79 Å². The molecule has 0 atom stereocenters. The molecule has 0 aliphatic carbocycles. The number of carbonyl (C=O) groups is 1. The average molecular weight is 460 g/mol. The molecule has 178 valence electrons. The minimum Gasteiger partial charge on any atom is -0.495 e. The summed E-state index contributed by atoms with van der Waals surface area (Å²) in [7, 11) is 3.38. The molecule has 0 N–H and O–H groups in total. The normalized spacial score (nSPS) is 15.7. The smallest absolute Gasteiger partial charge is 0.250 e. The summed E-state index contributed by atoms with van der Waals surface area (Å²) in [5.41, 5.74) is 5.55. The maximum absolute atomic E-state index is 13.2. The lowest BCUT2D eigenvalue weighted by Gasteiger charge is -2.29. The summed E-state index contributed by atoms with van der Waals surface area (Å²) in [6.45, 7) is 7.42. The highest BCUT2D eigenvalue weighted by Crippen LogP contribution is 2.28. The maximum atomic E-state index is 13.2. The highest BCUT2D eigenvalue weighted by atomic mass is 16.5. The molecule has 0 unspecified atom stereocenters. The van der Waals surface area contributed by atoms with E-state index in [1.165, 1.54) is 0 Å². The second-order valence-electron chi connectivity index (χ2n) is 9.26. The van der Waals surface area contributed by atoms with Gasteiger partial charge in [0.25, 0.3) is 0 Å². The van der Waals surface area contributed by atoms with Crippen molar-refractivity contribution in [1.82, 2.24) is 14.5 Å². The first-order chi connectivity index (χ1) is 16.3. The molecular weight excluding hydrogens is 426 g/mol. The predicted molar refractivity (Wildman–Crippen MR) is 134 cm³/mol. The van der Waals surface area contributed by atoms with E-state index in [-0.39, 0.29) is 11.5 Å². The number of piperidine rings is 1. The van der Waals surface area contributed by atoms with Crippen LogP contribution in [-0.2, 0) is 21.7 Å². The number of likely N-dealkylation sites (tertiary alicyclic amines) is 1. The molecule has 0 radical (unpaired) electrons. The van der Waals surface area contributed by atoms with Crippen LogP contribution in [0.5, 0.6) is 5.75 Å². The van der Waals surface area contributed by atoms with Crippen molar-refractivity contribution in [3.05, 3.63) is 82.9 Å². The monoisotopic (exact) mass is 459 g/mol. The molecule has 0 spiro atoms. The topological polar surface area (TPSA) is 56.6 Å². The fraction of sp³-hybridized carbons (Fsp3) is 0.357. The Morgan fingerprint density at radius 1 is 1.12 bits per heavy atom. The van der Waals surface area contributed by atoms with Gasteiger partial charge in [-0.25, -0.2) is 4.98 Å². The molecule has 2 heterocycles. The number of benzene rings is 2. The fourth-order valence-electron chi connectivity index (χ4n) is 4.26. The number of rotatable bonds is 7. The fourth-order valence-corrected chi connectivity index (χ4v) is 4.26. The van der Waals surface area contributed by atoms with E-state index in [0.29, 0.717) is 6.54 Å². The van der Waals surface area contributed by atoms with E-state index in [9.17, 15) is 4.79 Å². The summed E-state index contributed by atoms with van der Waals surface area (Å²) < 4.78 is 13.1. The van der Waals surface area contributed by atoms with Gasteiger partial charge in [-0.05, 0) is 68.5 Å². The average Bonchev–Trinajstić information content (AvgIpc) is 3.28. The van der Waals surface area contributed by atoms with E-state index in [0.717, 1.165) is 58.8 Å². The quantitative estimate of drug-likeness (QED) is 0.451. The highest BCUT2D eigenvalue weighted by molar-refractivity contribution is 5.98. The van der Waals surface area contributed by atoms with E-state index in [4.69, 9.17) is 9.47 Å². The molecule has 2 aromatic carbocycles. The van der Waals surface area contributed by atoms with E-state index in [1.54, 1.807) is 20.5 Å². The van der Waals surface area contributed by atoms with Crippen molar-refractivity contribution in [3.8, 4) is 11.4 Å². The Morgan fingerprint density at radius 3 is 2.53 bits per heavy atom. The Kier molecular flexibility index (Phi) is 6.89. The number of carbonyl (C=O) groups excluding carboxylic acids is 1. The van der Waals surface area contributed by atoms with Crippen LogP contribution in [0, 0.1) is 6.92 Å². The first-order valence-electron chi connectivity index (χ1n) is 11.6. The molecule has 6 heteroatoms. The Hall–Kier alpha value is -3.38. The van der Waals surface area contributed by atoms with Crippen molar-refractivity contribution >= 4 is 12.0 Å². The molecule has 1 aromatic heterocycles. The number of nitrogens with zero attached hydrogens (tertiary/aromatic N) is 3. The van der Waals surface area contributed by atoms with E-state index in [1.807, 2.05) is 60.7 Å². The molecule has 0 bridgehead atoms. The number of hydrogen-bond acceptors (Lipinski definition) is 4. The van der Waals surface area contributed by atoms with Gasteiger partial charge in [0.05, 0.1) is 30.4 Å². The third kappa shape index (κ3) is 5.07. The first kappa shape index (κ1) is 23.8. The Morgan fingerprint density at radius 2 is 1.88 bits per heavy atom. The lowest BCUT2D eigenvalue weighted by molar-refractivity contribution is -0.129. The van der Waals surface area contributed by atoms with Crippen LogP contribution < -0.4 is 4.74 Å². The minimum absolute atomic E-state index is 0.0980. The third-order valence-electron chi connectivity index (χ3n) is 6.50. The molecule has 1 aliphatic heterocycles. The zero-order valence-corrected chi connectivity index (χ0v) is 20.7. The van der Waals surface area contributed by atoms with Crippen molar-refractivity contribution < 1.29 is 14.3 Å². The van der Waals surface area contributed by atoms with Gasteiger partial charge >= 0.3 is 0 Å². The SMILES string of the molecule is COc1cc(/C=C2\CCCN(Cc3ccc(C(C)(C)OC)cc3)C2=O)ccc1-n1cnc(C)c1. The molecule has 1 fully saturated rings. The molecule has 3 aromatic rings. The Labute approximate surface area is 201 Å². The van der Waals surface area contributed by atoms with Crippen LogP contribution in [0.1, 0.15) is 49.1 Å². The van der Waals surface area contributed by atoms with Crippen molar-refractivity contribution in [2.24, 2.45) is 0 Å². The lowest BCUT2D eigenvalue weighted by atomic mass is 9.96. The van der Waals surface area contributed by atoms with Crippen LogP contribution in [0.2, 0.25) is 0 Å². The highest BCUT2D eigenvalue weighted by Gasteiger charge is 2.24. The molecular formula is C28H33N3O3. The molecule has 6 nitrogen and oxygen atoms in total. The van der Waals surface area contributed by atoms with E-state index >= 15 is 0 Å². The number of methoxy groups -OCH3 is 2. The second-order valence-corrected chi connectivity index (χ2v) is 9.26. The van der Waals surface area contributed by atoms with Gasteiger partial charge in [0, 0.05) is 32.0 Å². The molecule has 1 aliphatic rings. The summed E-state index contributed by atoms with van der Waals surface area (Å²) in [6.07, 6.45) is 7.46. The largest absolute Gasteiger partial charge is 0.495 e. The lowest BCUT2D eigenvalue weighted by Crippen LogP contribution is -2.36. The summed E-state index contributed by atoms with van der Waals surface area (Å²) in [4.78, 5) is 19.5. The number of amides is 1. The number of imidazole rings is 1. The maximum Gasteiger partial charge on any atom is 0.250 e. The first-order valence-corrected chi connectivity index (χ1v) is 11.6. The molecule has 1 amide bonds. The second kappa shape index (κ2) is 9.85. The summed E-state index contributed by atoms with van der Waals surface area (Å²) in [5.74, 6) is 0.840. The van der Waals surface area contributed by atoms with E-state index < -0.39 is 0 Å². The zero-order valence-electron chi connectivity index (χ0n) is 20.7. The zero-order chi connectivity index (χ0) is 24.3. The number of ether oxygens (including phenoxy) is 2. The summed E-state index contributed by atoms with van der Waals surface area (Å²) >= 11 is 0. The van der Waals surface area contributed by atoms with E-state index in [2.05, 4.69) is 29.2 Å². The molecule has 34 heavy (non-hydrogen) atoms. The molecule has 4 rings (SSSR count). The molecule has 0 saturated carbocycles. The van der Waals surface area contributed by atoms with Crippen molar-refractivity contribution in [2.45, 2.75) is 45.8 Å². The van der Waals surface area contributed by atoms with Crippen LogP contribution in [0.25, 0.3) is 11.8 Å². The Bertz CT molecular complexity index is 1190. The number of hydrogen-bond donors (Lipinski definition) is 0. The van der Waals surface area contributed by atoms with Gasteiger partial charge < -0.3 is 18.9 Å².